The van der Waals surface area contributed by atoms with E-state index in [1.165, 1.54) is 6.20 Å². The first-order valence-corrected chi connectivity index (χ1v) is 10.0. The molecule has 3 aromatic rings. The SMILES string of the molecule is O=c1c(Cl)c(NCc2ccnc(N3CCOCC3)c2)cnn1-c1ccc(C(F)(F)F)cn1. The molecule has 0 aliphatic carbocycles. The molecule has 1 N–H and O–H groups in total. The minimum Gasteiger partial charge on any atom is -0.378 e. The molecule has 0 bridgehead atoms. The first-order valence-electron chi connectivity index (χ1n) is 9.66. The predicted molar refractivity (Wildman–Crippen MR) is 112 cm³/mol. The molecule has 3 aromatic heterocycles. The molecule has 0 unspecified atom stereocenters. The average molecular weight is 467 g/mol. The fourth-order valence-electron chi connectivity index (χ4n) is 3.13. The molecule has 32 heavy (non-hydrogen) atoms. The Morgan fingerprint density at radius 2 is 1.88 bits per heavy atom. The molecule has 1 aliphatic heterocycles. The Kier molecular flexibility index (Phi) is 6.28. The lowest BCUT2D eigenvalue weighted by Gasteiger charge is -2.28. The summed E-state index contributed by atoms with van der Waals surface area (Å²) in [6, 6.07) is 5.66. The van der Waals surface area contributed by atoms with E-state index >= 15 is 0 Å². The van der Waals surface area contributed by atoms with Gasteiger partial charge in [-0.2, -0.15) is 23.0 Å². The molecule has 1 saturated heterocycles. The van der Waals surface area contributed by atoms with Gasteiger partial charge in [0.1, 0.15) is 10.8 Å². The van der Waals surface area contributed by atoms with Crippen LogP contribution in [0.3, 0.4) is 0 Å². The summed E-state index contributed by atoms with van der Waals surface area (Å²) in [7, 11) is 0. The Labute approximate surface area is 185 Å². The van der Waals surface area contributed by atoms with E-state index in [1.807, 2.05) is 12.1 Å². The van der Waals surface area contributed by atoms with Crippen LogP contribution in [0.4, 0.5) is 24.7 Å². The molecule has 0 spiro atoms. The molecule has 0 amide bonds. The van der Waals surface area contributed by atoms with Gasteiger partial charge in [-0.1, -0.05) is 11.6 Å². The number of pyridine rings is 2. The number of alkyl halides is 3. The first-order chi connectivity index (χ1) is 15.3. The summed E-state index contributed by atoms with van der Waals surface area (Å²) in [5.74, 6) is 0.765. The van der Waals surface area contributed by atoms with Crippen LogP contribution < -0.4 is 15.8 Å². The Morgan fingerprint density at radius 3 is 2.56 bits per heavy atom. The van der Waals surface area contributed by atoms with Gasteiger partial charge in [0.15, 0.2) is 5.82 Å². The number of morpholine rings is 1. The van der Waals surface area contributed by atoms with Crippen molar-refractivity contribution in [1.29, 1.82) is 0 Å². The van der Waals surface area contributed by atoms with Crippen LogP contribution in [0.15, 0.2) is 47.7 Å². The van der Waals surface area contributed by atoms with Crippen LogP contribution in [0, 0.1) is 0 Å². The van der Waals surface area contributed by atoms with Crippen molar-refractivity contribution in [1.82, 2.24) is 19.7 Å². The Morgan fingerprint density at radius 1 is 1.09 bits per heavy atom. The van der Waals surface area contributed by atoms with E-state index in [9.17, 15) is 18.0 Å². The maximum atomic E-state index is 12.7. The van der Waals surface area contributed by atoms with Crippen molar-refractivity contribution in [2.24, 2.45) is 0 Å². The van der Waals surface area contributed by atoms with Crippen LogP contribution in [0.2, 0.25) is 5.02 Å². The molecular formula is C20H18ClF3N6O2. The highest BCUT2D eigenvalue weighted by atomic mass is 35.5. The summed E-state index contributed by atoms with van der Waals surface area (Å²) in [4.78, 5) is 22.8. The van der Waals surface area contributed by atoms with E-state index in [0.717, 1.165) is 41.3 Å². The monoisotopic (exact) mass is 466 g/mol. The molecule has 8 nitrogen and oxygen atoms in total. The Bertz CT molecular complexity index is 1150. The fourth-order valence-corrected chi connectivity index (χ4v) is 3.33. The molecule has 4 rings (SSSR count). The van der Waals surface area contributed by atoms with Gasteiger partial charge in [0.2, 0.25) is 0 Å². The molecule has 0 aromatic carbocycles. The number of hydrogen-bond acceptors (Lipinski definition) is 7. The summed E-state index contributed by atoms with van der Waals surface area (Å²) in [5, 5.41) is 6.89. The van der Waals surface area contributed by atoms with Gasteiger partial charge in [-0.3, -0.25) is 4.79 Å². The molecule has 1 aliphatic rings. The van der Waals surface area contributed by atoms with Crippen molar-refractivity contribution in [3.63, 3.8) is 0 Å². The second-order valence-corrected chi connectivity index (χ2v) is 7.35. The molecule has 0 radical (unpaired) electrons. The zero-order valence-electron chi connectivity index (χ0n) is 16.6. The smallest absolute Gasteiger partial charge is 0.378 e. The standard InChI is InChI=1S/C20H18ClF3N6O2/c21-18-15(26-10-13-3-4-25-17(9-13)29-5-7-32-8-6-29)12-28-30(19(18)31)16-2-1-14(11-27-16)20(22,23)24/h1-4,9,11-12,26H,5-8,10H2. The topological polar surface area (TPSA) is 85.2 Å². The molecule has 12 heteroatoms. The average Bonchev–Trinajstić information content (AvgIpc) is 2.80. The van der Waals surface area contributed by atoms with Gasteiger partial charge in [-0.05, 0) is 29.8 Å². The van der Waals surface area contributed by atoms with Crippen molar-refractivity contribution >= 4 is 23.1 Å². The van der Waals surface area contributed by atoms with E-state index in [2.05, 4.69) is 25.3 Å². The summed E-state index contributed by atoms with van der Waals surface area (Å²) in [6.45, 7) is 3.18. The second-order valence-electron chi connectivity index (χ2n) is 6.97. The third-order valence-corrected chi connectivity index (χ3v) is 5.20. The Hall–Kier alpha value is -3.18. The van der Waals surface area contributed by atoms with Crippen LogP contribution in [0.25, 0.3) is 5.82 Å². The number of nitrogens with one attached hydrogen (secondary N) is 1. The van der Waals surface area contributed by atoms with E-state index in [4.69, 9.17) is 16.3 Å². The molecule has 0 atom stereocenters. The first kappa shape index (κ1) is 22.0. The number of halogens is 4. The van der Waals surface area contributed by atoms with Gasteiger partial charge >= 0.3 is 6.18 Å². The van der Waals surface area contributed by atoms with E-state index in [0.29, 0.717) is 31.6 Å². The fraction of sp³-hybridized carbons (Fsp3) is 0.300. The van der Waals surface area contributed by atoms with Crippen molar-refractivity contribution in [3.8, 4) is 5.82 Å². The van der Waals surface area contributed by atoms with Crippen molar-refractivity contribution < 1.29 is 17.9 Å². The number of nitrogens with zero attached hydrogens (tertiary/aromatic N) is 5. The lowest BCUT2D eigenvalue weighted by Crippen LogP contribution is -2.36. The number of ether oxygens (including phenoxy) is 1. The second kappa shape index (κ2) is 9.13. The summed E-state index contributed by atoms with van der Waals surface area (Å²) >= 11 is 6.19. The number of aromatic nitrogens is 4. The molecule has 4 heterocycles. The maximum Gasteiger partial charge on any atom is 0.417 e. The Balaban J connectivity index is 1.49. The minimum absolute atomic E-state index is 0.0688. The zero-order valence-corrected chi connectivity index (χ0v) is 17.4. The van der Waals surface area contributed by atoms with Crippen LogP contribution in [-0.4, -0.2) is 46.1 Å². The highest BCUT2D eigenvalue weighted by Gasteiger charge is 2.30. The number of hydrogen-bond donors (Lipinski definition) is 1. The van der Waals surface area contributed by atoms with Gasteiger partial charge in [0, 0.05) is 32.0 Å². The molecular weight excluding hydrogens is 449 g/mol. The van der Waals surface area contributed by atoms with Crippen molar-refractivity contribution in [2.45, 2.75) is 12.7 Å². The predicted octanol–water partition coefficient (Wildman–Crippen LogP) is 3.14. The highest BCUT2D eigenvalue weighted by Crippen LogP contribution is 2.28. The van der Waals surface area contributed by atoms with Gasteiger partial charge in [-0.15, -0.1) is 0 Å². The lowest BCUT2D eigenvalue weighted by molar-refractivity contribution is -0.137. The highest BCUT2D eigenvalue weighted by molar-refractivity contribution is 6.32. The van der Waals surface area contributed by atoms with E-state index in [1.54, 1.807) is 6.20 Å². The molecule has 168 valence electrons. The van der Waals surface area contributed by atoms with Gasteiger partial charge in [-0.25, -0.2) is 9.97 Å². The van der Waals surface area contributed by atoms with E-state index < -0.39 is 17.3 Å². The summed E-state index contributed by atoms with van der Waals surface area (Å²) in [5.41, 5.74) is -0.407. The summed E-state index contributed by atoms with van der Waals surface area (Å²) in [6.07, 6.45) is -0.855. The minimum atomic E-state index is -4.52. The van der Waals surface area contributed by atoms with Crippen molar-refractivity contribution in [3.05, 3.63) is 69.4 Å². The van der Waals surface area contributed by atoms with Gasteiger partial charge < -0.3 is 15.0 Å². The van der Waals surface area contributed by atoms with Gasteiger partial charge in [0.25, 0.3) is 5.56 Å². The molecule has 1 fully saturated rings. The number of anilines is 2. The van der Waals surface area contributed by atoms with Crippen molar-refractivity contribution in [2.75, 3.05) is 36.5 Å². The van der Waals surface area contributed by atoms with Gasteiger partial charge in [0.05, 0.1) is 30.7 Å². The largest absolute Gasteiger partial charge is 0.417 e. The third-order valence-electron chi connectivity index (χ3n) is 4.84. The van der Waals surface area contributed by atoms with Crippen LogP contribution in [0.5, 0.6) is 0 Å². The van der Waals surface area contributed by atoms with Crippen LogP contribution in [-0.2, 0) is 17.5 Å². The van der Waals surface area contributed by atoms with Crippen LogP contribution in [0.1, 0.15) is 11.1 Å². The maximum absolute atomic E-state index is 12.7. The third kappa shape index (κ3) is 4.83. The normalized spacial score (nSPS) is 14.4. The zero-order chi connectivity index (χ0) is 22.7. The van der Waals surface area contributed by atoms with E-state index in [-0.39, 0.29) is 10.8 Å². The quantitative estimate of drug-likeness (QED) is 0.618. The lowest BCUT2D eigenvalue weighted by atomic mass is 10.2. The molecule has 0 saturated carbocycles. The number of rotatable bonds is 5. The van der Waals surface area contributed by atoms with Crippen LogP contribution >= 0.6 is 11.6 Å². The summed E-state index contributed by atoms with van der Waals surface area (Å²) < 4.78 is 44.3.